The van der Waals surface area contributed by atoms with Crippen LogP contribution in [0.3, 0.4) is 0 Å². The molecule has 10 N–H and O–H groups in total. The molecule has 10 heterocycles. The van der Waals surface area contributed by atoms with E-state index in [0.29, 0.717) is 140 Å². The number of carbonyl (C=O) groups is 5. The van der Waals surface area contributed by atoms with Crippen molar-refractivity contribution >= 4 is 93.7 Å². The van der Waals surface area contributed by atoms with Gasteiger partial charge in [-0.25, -0.2) is 37.1 Å². The number of methoxy groups -OCH3 is 4. The largest absolute Gasteiger partial charge is 0.497 e. The minimum atomic E-state index is -0.920. The zero-order valence-electron chi connectivity index (χ0n) is 74.3. The molecule has 15 rings (SSSR count). The summed E-state index contributed by atoms with van der Waals surface area (Å²) in [7, 11) is 6.35. The Hall–Kier alpha value is -12.9. The van der Waals surface area contributed by atoms with Crippen molar-refractivity contribution in [3.63, 3.8) is 0 Å². The molecule has 0 amide bonds. The lowest BCUT2D eigenvalue weighted by atomic mass is 9.81. The van der Waals surface area contributed by atoms with Gasteiger partial charge >= 0.3 is 29.8 Å². The zero-order chi connectivity index (χ0) is 92.7. The predicted octanol–water partition coefficient (Wildman–Crippen LogP) is 20.3. The van der Waals surface area contributed by atoms with Gasteiger partial charge in [0.05, 0.1) is 144 Å². The number of carbonyl (C=O) groups excluding carboxylic acids is 5. The summed E-state index contributed by atoms with van der Waals surface area (Å²) in [4.78, 5) is 64.0. The Kier molecular flexibility index (Phi) is 34.2. The van der Waals surface area contributed by atoms with Crippen molar-refractivity contribution in [3.8, 4) is 23.0 Å². The van der Waals surface area contributed by atoms with Gasteiger partial charge in [0.25, 0.3) is 0 Å². The quantitative estimate of drug-likeness (QED) is 0.0154. The van der Waals surface area contributed by atoms with Gasteiger partial charge in [0.1, 0.15) is 69.5 Å². The van der Waals surface area contributed by atoms with Crippen LogP contribution >= 0.6 is 34.8 Å². The van der Waals surface area contributed by atoms with Crippen LogP contribution in [0.5, 0.6) is 23.0 Å². The number of halogens is 6. The van der Waals surface area contributed by atoms with Crippen molar-refractivity contribution in [2.24, 2.45) is 0 Å². The molecule has 5 unspecified atom stereocenters. The van der Waals surface area contributed by atoms with Gasteiger partial charge in [-0.15, -0.1) is 0 Å². The average molecular weight is 1830 g/mol. The third-order valence-electron chi connectivity index (χ3n) is 21.7. The fourth-order valence-corrected chi connectivity index (χ4v) is 17.1. The number of allylic oxidation sites excluding steroid dienone is 5. The highest BCUT2D eigenvalue weighted by Crippen LogP contribution is 2.52. The molecule has 0 fully saturated rings. The molecular formula is C94H107Cl3F3N15O14. The van der Waals surface area contributed by atoms with Crippen molar-refractivity contribution in [1.82, 2.24) is 51.0 Å². The van der Waals surface area contributed by atoms with E-state index in [2.05, 4.69) is 98.3 Å². The number of aromatic amines is 5. The van der Waals surface area contributed by atoms with Gasteiger partial charge in [0, 0.05) is 99.5 Å². The highest BCUT2D eigenvalue weighted by Gasteiger charge is 2.44. The van der Waals surface area contributed by atoms with Crippen LogP contribution in [0, 0.1) is 17.5 Å². The first-order valence-corrected chi connectivity index (χ1v) is 43.9. The maximum atomic E-state index is 14.5. The van der Waals surface area contributed by atoms with Gasteiger partial charge in [-0.3, -0.25) is 25.5 Å². The van der Waals surface area contributed by atoms with Gasteiger partial charge in [0.15, 0.2) is 0 Å². The Labute approximate surface area is 760 Å². The molecule has 5 aromatic heterocycles. The fourth-order valence-electron chi connectivity index (χ4n) is 16.3. The maximum Gasteiger partial charge on any atom is 0.336 e. The van der Waals surface area contributed by atoms with Gasteiger partial charge < -0.3 is 69.2 Å². The van der Waals surface area contributed by atoms with Crippen molar-refractivity contribution in [1.29, 1.82) is 0 Å². The van der Waals surface area contributed by atoms with E-state index in [1.165, 1.54) is 43.6 Å². The molecule has 0 spiro atoms. The first-order valence-electron chi connectivity index (χ1n) is 42.8. The highest BCUT2D eigenvalue weighted by molar-refractivity contribution is 6.36. The van der Waals surface area contributed by atoms with E-state index in [1.807, 2.05) is 38.1 Å². The van der Waals surface area contributed by atoms with Crippen molar-refractivity contribution in [2.45, 2.75) is 163 Å². The molecule has 5 atom stereocenters. The number of anilines is 5. The Morgan fingerprint density at radius 3 is 0.915 bits per heavy atom. The maximum absolute atomic E-state index is 14.5. The normalized spacial score (nSPS) is 16.1. The number of aromatic nitrogens is 10. The molecule has 5 aliphatic heterocycles. The number of nitrogens with one attached hydrogen (secondary N) is 10. The number of fused-ring (bicyclic) bond motifs is 5. The fraction of sp³-hybridized carbons (Fsp3) is 0.362. The Morgan fingerprint density at radius 2 is 0.597 bits per heavy atom. The lowest BCUT2D eigenvalue weighted by Gasteiger charge is -2.29. The minimum absolute atomic E-state index is 0.173. The van der Waals surface area contributed by atoms with E-state index in [4.69, 9.17) is 77.4 Å². The van der Waals surface area contributed by atoms with Crippen LogP contribution in [-0.2, 0) is 47.7 Å². The second-order valence-electron chi connectivity index (χ2n) is 29.8. The van der Waals surface area contributed by atoms with Gasteiger partial charge in [-0.2, -0.15) is 25.5 Å². The molecule has 684 valence electrons. The van der Waals surface area contributed by atoms with Crippen LogP contribution in [0.15, 0.2) is 178 Å². The van der Waals surface area contributed by atoms with Gasteiger partial charge in [0.2, 0.25) is 0 Å². The van der Waals surface area contributed by atoms with E-state index in [-0.39, 0.29) is 54.1 Å². The van der Waals surface area contributed by atoms with E-state index in [9.17, 15) is 37.1 Å². The number of benzene rings is 5. The number of nitrogens with zero attached hydrogens (tertiary/aromatic N) is 5. The number of rotatable bonds is 29. The van der Waals surface area contributed by atoms with Crippen LogP contribution in [-0.4, -0.2) is 142 Å². The van der Waals surface area contributed by atoms with Crippen LogP contribution in [0.4, 0.5) is 42.3 Å². The average Bonchev–Trinajstić information content (AvgIpc) is 1.75. The number of esters is 5. The van der Waals surface area contributed by atoms with Crippen LogP contribution in [0.2, 0.25) is 15.1 Å². The number of hydrogen-bond donors (Lipinski definition) is 10. The predicted molar refractivity (Wildman–Crippen MR) is 486 cm³/mol. The summed E-state index contributed by atoms with van der Waals surface area (Å²) in [5, 5.41) is 52.9. The zero-order valence-corrected chi connectivity index (χ0v) is 76.5. The molecule has 0 aliphatic carbocycles. The van der Waals surface area contributed by atoms with Crippen molar-refractivity contribution in [2.75, 3.05) is 88.1 Å². The molecule has 5 aromatic carbocycles. The summed E-state index contributed by atoms with van der Waals surface area (Å²) in [6, 6.07) is 24.3. The molecule has 129 heavy (non-hydrogen) atoms. The molecule has 29 nitrogen and oxygen atoms in total. The Balaban J connectivity index is 0.000000156. The summed E-state index contributed by atoms with van der Waals surface area (Å²) in [6.07, 6.45) is 15.8. The molecule has 5 aliphatic rings. The van der Waals surface area contributed by atoms with Crippen LogP contribution in [0.25, 0.3) is 0 Å². The summed E-state index contributed by atoms with van der Waals surface area (Å²) in [5.74, 6) is -0.461. The van der Waals surface area contributed by atoms with E-state index >= 15 is 0 Å². The second kappa shape index (κ2) is 45.7. The SMILES string of the molecule is CCCC1=C(C(=O)OCC)C(c2c(Cl)cccc2Cl)c2cn[nH]c2N1.CCCC1=C(C(=O)OCC)C(c2c(F)cccc2F)c2cn[nH]c2N1.CCCC1=C(C(=O)OCC)C(c2cc(F)ccc2OC)c2cn[nH]c2N1.CCCC1=C(C(=O)OCC)C(c2cc(OC)ccc2Cl)c2cn[nH]c2N1.CCCC1=C(C(=O)OCC)C(c2cc(OC)ccc2OC)c2cn[nH]c2N1. The van der Waals surface area contributed by atoms with E-state index in [0.717, 1.165) is 112 Å². The standard InChI is InChI=1S/C20H25N3O4.C19H22ClN3O3.C19H22FN3O3.C18H19Cl2N3O2.C18H19F2N3O2/c1-5-7-15-18(20(24)27-6-2)17(14-11-21-23-19(14)22-15)13-10-12(25-3)8-9-16(13)26-4;1-4-6-15-17(19(24)26-5-2)16(13-10-21-23-18(13)22-15)12-9-11(25-3)7-8-14(12)20;1-4-6-14-17(19(24)26-5-2)16(13-10-21-23-18(13)22-14)12-9-11(20)7-8-15(12)25-3;2*1-3-6-13-16(18(24)25-4-2)14(10-9-21-23-17(10)22-13)15-11(19)7-5-8-12(15)20/h8-11,17H,5-7H2,1-4H3,(H2,21,22,23);2*7-10,16H,4-6H2,1-3H3,(H2,21,22,23);2*5,7-9,14H,3-4,6H2,1-2H3,(H2,21,22,23). The third kappa shape index (κ3) is 21.4. The van der Waals surface area contributed by atoms with Crippen LogP contribution in [0.1, 0.15) is 219 Å². The van der Waals surface area contributed by atoms with E-state index in [1.54, 1.807) is 117 Å². The topological polar surface area (TPSA) is 372 Å². The lowest BCUT2D eigenvalue weighted by molar-refractivity contribution is -0.139. The summed E-state index contributed by atoms with van der Waals surface area (Å²) in [5.41, 5.74) is 12.6. The van der Waals surface area contributed by atoms with Gasteiger partial charge in [-0.05, 0) is 151 Å². The highest BCUT2D eigenvalue weighted by atomic mass is 35.5. The molecule has 10 aromatic rings. The molecule has 0 saturated carbocycles. The molecule has 0 bridgehead atoms. The van der Waals surface area contributed by atoms with Crippen LogP contribution < -0.4 is 45.5 Å². The smallest absolute Gasteiger partial charge is 0.336 e. The van der Waals surface area contributed by atoms with Crippen molar-refractivity contribution < 1.29 is 79.8 Å². The number of ether oxygens (including phenoxy) is 9. The molecular weight excluding hydrogens is 1730 g/mol. The lowest BCUT2D eigenvalue weighted by Crippen LogP contribution is -2.26. The monoisotopic (exact) mass is 1830 g/mol. The summed E-state index contributed by atoms with van der Waals surface area (Å²) >= 11 is 19.4. The van der Waals surface area contributed by atoms with Gasteiger partial charge in [-0.1, -0.05) is 114 Å². The minimum Gasteiger partial charge on any atom is -0.497 e. The first kappa shape index (κ1) is 96.7. The molecule has 0 saturated heterocycles. The third-order valence-corrected chi connectivity index (χ3v) is 22.7. The number of hydrogen-bond acceptors (Lipinski definition) is 24. The number of H-pyrrole nitrogens is 5. The second-order valence-corrected chi connectivity index (χ2v) is 31.0. The Morgan fingerprint density at radius 1 is 0.318 bits per heavy atom. The molecule has 0 radical (unpaired) electrons. The summed E-state index contributed by atoms with van der Waals surface area (Å²) < 4.78 is 91.4. The first-order chi connectivity index (χ1) is 62.5. The summed E-state index contributed by atoms with van der Waals surface area (Å²) in [6.45, 7) is 20.3. The molecule has 35 heteroatoms. The van der Waals surface area contributed by atoms with Crippen molar-refractivity contribution in [3.05, 3.63) is 266 Å². The van der Waals surface area contributed by atoms with E-state index < -0.39 is 47.1 Å². The Bertz CT molecular complexity index is 5650.